The molecular formula is C18H28N2O2S. The van der Waals surface area contributed by atoms with Gasteiger partial charge in [0.25, 0.3) is 0 Å². The van der Waals surface area contributed by atoms with Gasteiger partial charge in [0, 0.05) is 26.2 Å². The van der Waals surface area contributed by atoms with E-state index in [1.165, 1.54) is 37.7 Å². The Balaban J connectivity index is 1.70. The Kier molecular flexibility index (Phi) is 5.39. The Hall–Kier alpha value is -0.910. The molecule has 1 aromatic carbocycles. The molecule has 0 spiro atoms. The van der Waals surface area contributed by atoms with Crippen LogP contribution in [0.5, 0.6) is 0 Å². The van der Waals surface area contributed by atoms with Crippen molar-refractivity contribution in [3.8, 4) is 0 Å². The molecule has 0 unspecified atom stereocenters. The summed E-state index contributed by atoms with van der Waals surface area (Å²) in [6.45, 7) is 5.96. The van der Waals surface area contributed by atoms with Crippen molar-refractivity contribution in [2.45, 2.75) is 49.8 Å². The van der Waals surface area contributed by atoms with Crippen LogP contribution in [0.2, 0.25) is 0 Å². The van der Waals surface area contributed by atoms with Crippen LogP contribution in [0.15, 0.2) is 29.2 Å². The van der Waals surface area contributed by atoms with E-state index in [9.17, 15) is 8.42 Å². The van der Waals surface area contributed by atoms with Gasteiger partial charge in [-0.3, -0.25) is 0 Å². The molecule has 0 atom stereocenters. The predicted molar refractivity (Wildman–Crippen MR) is 93.1 cm³/mol. The first-order valence-corrected chi connectivity index (χ1v) is 10.4. The van der Waals surface area contributed by atoms with E-state index in [1.807, 2.05) is 24.3 Å². The van der Waals surface area contributed by atoms with Crippen LogP contribution >= 0.6 is 0 Å². The van der Waals surface area contributed by atoms with Crippen LogP contribution in [0.3, 0.4) is 0 Å². The zero-order chi connectivity index (χ0) is 16.3. The minimum atomic E-state index is -3.33. The third-order valence-corrected chi connectivity index (χ3v) is 7.29. The SMILES string of the molecule is CCN1CCN(S(=O)(=O)c2ccc(C3CCCCC3)cc2)CC1. The first kappa shape index (κ1) is 16.9. The highest BCUT2D eigenvalue weighted by Crippen LogP contribution is 2.33. The van der Waals surface area contributed by atoms with Crippen LogP contribution < -0.4 is 0 Å². The van der Waals surface area contributed by atoms with Gasteiger partial charge in [-0.15, -0.1) is 0 Å². The minimum absolute atomic E-state index is 0.446. The zero-order valence-corrected chi connectivity index (χ0v) is 14.9. The fourth-order valence-electron chi connectivity index (χ4n) is 3.78. The van der Waals surface area contributed by atoms with Gasteiger partial charge in [-0.1, -0.05) is 38.3 Å². The number of rotatable bonds is 4. The molecule has 1 saturated heterocycles. The first-order valence-electron chi connectivity index (χ1n) is 8.93. The second kappa shape index (κ2) is 7.32. The highest BCUT2D eigenvalue weighted by Gasteiger charge is 2.28. The third-order valence-electron chi connectivity index (χ3n) is 5.37. The lowest BCUT2D eigenvalue weighted by Crippen LogP contribution is -2.48. The summed E-state index contributed by atoms with van der Waals surface area (Å²) < 4.78 is 27.2. The Labute approximate surface area is 140 Å². The van der Waals surface area contributed by atoms with Gasteiger partial charge >= 0.3 is 0 Å². The highest BCUT2D eigenvalue weighted by molar-refractivity contribution is 7.89. The van der Waals surface area contributed by atoms with E-state index in [4.69, 9.17) is 0 Å². The normalized spacial score (nSPS) is 22.3. The third kappa shape index (κ3) is 3.78. The summed E-state index contributed by atoms with van der Waals surface area (Å²) in [4.78, 5) is 2.74. The van der Waals surface area contributed by atoms with Crippen molar-refractivity contribution in [2.24, 2.45) is 0 Å². The maximum atomic E-state index is 12.8. The number of nitrogens with zero attached hydrogens (tertiary/aromatic N) is 2. The molecule has 23 heavy (non-hydrogen) atoms. The average Bonchev–Trinajstić information content (AvgIpc) is 2.62. The predicted octanol–water partition coefficient (Wildman–Crippen LogP) is 3.06. The number of piperazine rings is 1. The molecule has 1 saturated carbocycles. The molecule has 1 heterocycles. The summed E-state index contributed by atoms with van der Waals surface area (Å²) in [6.07, 6.45) is 6.42. The molecule has 5 heteroatoms. The van der Waals surface area contributed by atoms with E-state index in [0.717, 1.165) is 19.6 Å². The van der Waals surface area contributed by atoms with Crippen LogP contribution in [0, 0.1) is 0 Å². The quantitative estimate of drug-likeness (QED) is 0.848. The fourth-order valence-corrected chi connectivity index (χ4v) is 5.21. The van der Waals surface area contributed by atoms with Gasteiger partial charge in [0.05, 0.1) is 4.90 Å². The molecule has 0 bridgehead atoms. The summed E-state index contributed by atoms with van der Waals surface area (Å²) in [5.41, 5.74) is 1.31. The van der Waals surface area contributed by atoms with E-state index < -0.39 is 10.0 Å². The van der Waals surface area contributed by atoms with Crippen LogP contribution in [-0.4, -0.2) is 50.3 Å². The molecule has 0 amide bonds. The zero-order valence-electron chi connectivity index (χ0n) is 14.1. The molecule has 2 fully saturated rings. The standard InChI is InChI=1S/C18H28N2O2S/c1-2-19-12-14-20(15-13-19)23(21,22)18-10-8-17(9-11-18)16-6-4-3-5-7-16/h8-11,16H,2-7,12-15H2,1H3. The van der Waals surface area contributed by atoms with Crippen LogP contribution in [-0.2, 0) is 10.0 Å². The minimum Gasteiger partial charge on any atom is -0.301 e. The summed E-state index contributed by atoms with van der Waals surface area (Å²) in [7, 11) is -3.33. The van der Waals surface area contributed by atoms with Crippen LogP contribution in [0.25, 0.3) is 0 Å². The van der Waals surface area contributed by atoms with E-state index in [2.05, 4.69) is 11.8 Å². The van der Waals surface area contributed by atoms with E-state index in [1.54, 1.807) is 4.31 Å². The topological polar surface area (TPSA) is 40.6 Å². The van der Waals surface area contributed by atoms with Gasteiger partial charge in [-0.25, -0.2) is 8.42 Å². The molecule has 3 rings (SSSR count). The smallest absolute Gasteiger partial charge is 0.243 e. The maximum absolute atomic E-state index is 12.8. The monoisotopic (exact) mass is 336 g/mol. The Bertz CT molecular complexity index is 598. The van der Waals surface area contributed by atoms with Crippen molar-refractivity contribution in [3.63, 3.8) is 0 Å². The lowest BCUT2D eigenvalue weighted by atomic mass is 9.84. The summed E-state index contributed by atoms with van der Waals surface area (Å²) in [5.74, 6) is 0.619. The molecule has 1 aromatic rings. The second-order valence-corrected chi connectivity index (χ2v) is 8.68. The van der Waals surface area contributed by atoms with E-state index in [-0.39, 0.29) is 0 Å². The van der Waals surface area contributed by atoms with Crippen molar-refractivity contribution < 1.29 is 8.42 Å². The van der Waals surface area contributed by atoms with E-state index in [0.29, 0.717) is 23.9 Å². The molecule has 1 aliphatic carbocycles. The van der Waals surface area contributed by atoms with Crippen molar-refractivity contribution in [1.29, 1.82) is 0 Å². The Morgan fingerprint density at radius 2 is 1.57 bits per heavy atom. The largest absolute Gasteiger partial charge is 0.301 e. The van der Waals surface area contributed by atoms with Gasteiger partial charge in [0.2, 0.25) is 10.0 Å². The fraction of sp³-hybridized carbons (Fsp3) is 0.667. The number of likely N-dealkylation sites (N-methyl/N-ethyl adjacent to an activating group) is 1. The van der Waals surface area contributed by atoms with Gasteiger partial charge in [0.15, 0.2) is 0 Å². The maximum Gasteiger partial charge on any atom is 0.243 e. The van der Waals surface area contributed by atoms with Gasteiger partial charge in [-0.05, 0) is 43.0 Å². The molecule has 1 aliphatic heterocycles. The Morgan fingerprint density at radius 1 is 0.957 bits per heavy atom. The first-order chi connectivity index (χ1) is 11.1. The molecule has 128 valence electrons. The summed E-state index contributed by atoms with van der Waals surface area (Å²) in [6, 6.07) is 7.69. The number of sulfonamides is 1. The molecule has 0 aromatic heterocycles. The van der Waals surface area contributed by atoms with Crippen molar-refractivity contribution in [1.82, 2.24) is 9.21 Å². The Morgan fingerprint density at radius 3 is 2.13 bits per heavy atom. The number of benzene rings is 1. The molecule has 0 radical (unpaired) electrons. The van der Waals surface area contributed by atoms with Crippen molar-refractivity contribution in [3.05, 3.63) is 29.8 Å². The van der Waals surface area contributed by atoms with Gasteiger partial charge < -0.3 is 4.90 Å². The summed E-state index contributed by atoms with van der Waals surface area (Å²) in [5, 5.41) is 0. The summed E-state index contributed by atoms with van der Waals surface area (Å²) >= 11 is 0. The van der Waals surface area contributed by atoms with Crippen LogP contribution in [0.1, 0.15) is 50.5 Å². The molecule has 2 aliphatic rings. The number of hydrogen-bond acceptors (Lipinski definition) is 3. The van der Waals surface area contributed by atoms with Crippen molar-refractivity contribution in [2.75, 3.05) is 32.7 Å². The molecule has 0 N–H and O–H groups in total. The van der Waals surface area contributed by atoms with Crippen LogP contribution in [0.4, 0.5) is 0 Å². The lowest BCUT2D eigenvalue weighted by Gasteiger charge is -2.33. The van der Waals surface area contributed by atoms with Gasteiger partial charge in [0.1, 0.15) is 0 Å². The van der Waals surface area contributed by atoms with Gasteiger partial charge in [-0.2, -0.15) is 4.31 Å². The molecule has 4 nitrogen and oxygen atoms in total. The number of hydrogen-bond donors (Lipinski definition) is 0. The average molecular weight is 337 g/mol. The molecular weight excluding hydrogens is 308 g/mol. The lowest BCUT2D eigenvalue weighted by molar-refractivity contribution is 0.196. The second-order valence-electron chi connectivity index (χ2n) is 6.74. The highest BCUT2D eigenvalue weighted by atomic mass is 32.2. The van der Waals surface area contributed by atoms with E-state index >= 15 is 0 Å². The van der Waals surface area contributed by atoms with Crippen molar-refractivity contribution >= 4 is 10.0 Å².